The lowest BCUT2D eigenvalue weighted by Gasteiger charge is -2.22. The van der Waals surface area contributed by atoms with E-state index in [4.69, 9.17) is 0 Å². The van der Waals surface area contributed by atoms with Crippen molar-refractivity contribution < 1.29 is 19.5 Å². The minimum absolute atomic E-state index is 0.0118. The standard InChI is InChI=1S/C17H24N4O4/c22-14(19-13-4-2-1-3-5-13)10-21-9-12(8-18-21)16(23)20-15(17(24)25)11-6-7-11/h8-9,11,13,15H,1-7,10H2,(H,19,22)(H,20,23)(H,24,25). The highest BCUT2D eigenvalue weighted by molar-refractivity contribution is 5.96. The zero-order chi connectivity index (χ0) is 17.8. The minimum Gasteiger partial charge on any atom is -0.480 e. The lowest BCUT2D eigenvalue weighted by Crippen LogP contribution is -2.42. The van der Waals surface area contributed by atoms with Crippen LogP contribution in [0.25, 0.3) is 0 Å². The van der Waals surface area contributed by atoms with Gasteiger partial charge >= 0.3 is 5.97 Å². The van der Waals surface area contributed by atoms with Gasteiger partial charge in [-0.2, -0.15) is 5.10 Å². The molecule has 2 fully saturated rings. The van der Waals surface area contributed by atoms with Crippen molar-refractivity contribution in [2.24, 2.45) is 5.92 Å². The predicted molar refractivity (Wildman–Crippen MR) is 88.9 cm³/mol. The Kier molecular flexibility index (Phi) is 5.35. The van der Waals surface area contributed by atoms with Gasteiger partial charge in [-0.05, 0) is 31.6 Å². The smallest absolute Gasteiger partial charge is 0.326 e. The van der Waals surface area contributed by atoms with Crippen LogP contribution in [0.2, 0.25) is 0 Å². The van der Waals surface area contributed by atoms with Gasteiger partial charge in [0.25, 0.3) is 5.91 Å². The molecule has 1 unspecified atom stereocenters. The van der Waals surface area contributed by atoms with Gasteiger partial charge in [-0.15, -0.1) is 0 Å². The third-order valence-corrected chi connectivity index (χ3v) is 4.82. The van der Waals surface area contributed by atoms with Crippen LogP contribution in [0.3, 0.4) is 0 Å². The lowest BCUT2D eigenvalue weighted by molar-refractivity contribution is -0.139. The summed E-state index contributed by atoms with van der Waals surface area (Å²) in [5.41, 5.74) is 0.261. The first-order valence-corrected chi connectivity index (χ1v) is 8.88. The van der Waals surface area contributed by atoms with Crippen molar-refractivity contribution in [3.8, 4) is 0 Å². The first-order valence-electron chi connectivity index (χ1n) is 8.88. The number of nitrogens with one attached hydrogen (secondary N) is 2. The summed E-state index contributed by atoms with van der Waals surface area (Å²) in [6.07, 6.45) is 9.99. The molecular formula is C17H24N4O4. The van der Waals surface area contributed by atoms with E-state index in [0.29, 0.717) is 0 Å². The fraction of sp³-hybridized carbons (Fsp3) is 0.647. The zero-order valence-electron chi connectivity index (χ0n) is 14.1. The molecule has 0 aliphatic heterocycles. The van der Waals surface area contributed by atoms with Gasteiger partial charge in [-0.25, -0.2) is 4.79 Å². The number of nitrogens with zero attached hydrogens (tertiary/aromatic N) is 2. The number of amides is 2. The molecule has 1 heterocycles. The number of aliphatic carboxylic acids is 1. The van der Waals surface area contributed by atoms with Crippen molar-refractivity contribution in [2.45, 2.75) is 63.6 Å². The minimum atomic E-state index is -1.02. The van der Waals surface area contributed by atoms with E-state index in [1.807, 2.05) is 0 Å². The van der Waals surface area contributed by atoms with Gasteiger partial charge in [0.15, 0.2) is 0 Å². The van der Waals surface area contributed by atoms with Gasteiger partial charge < -0.3 is 15.7 Å². The maximum atomic E-state index is 12.2. The van der Waals surface area contributed by atoms with Crippen molar-refractivity contribution in [1.82, 2.24) is 20.4 Å². The number of rotatable bonds is 7. The van der Waals surface area contributed by atoms with Crippen LogP contribution < -0.4 is 10.6 Å². The molecule has 2 aliphatic rings. The summed E-state index contributed by atoms with van der Waals surface area (Å²) >= 11 is 0. The van der Waals surface area contributed by atoms with Crippen molar-refractivity contribution in [1.29, 1.82) is 0 Å². The van der Waals surface area contributed by atoms with E-state index in [9.17, 15) is 19.5 Å². The Bertz CT molecular complexity index is 647. The topological polar surface area (TPSA) is 113 Å². The molecule has 8 heteroatoms. The summed E-state index contributed by atoms with van der Waals surface area (Å²) < 4.78 is 1.40. The maximum absolute atomic E-state index is 12.2. The molecule has 0 radical (unpaired) electrons. The van der Waals surface area contributed by atoms with Gasteiger partial charge in [0.2, 0.25) is 5.91 Å². The Balaban J connectivity index is 1.51. The van der Waals surface area contributed by atoms with Crippen molar-refractivity contribution >= 4 is 17.8 Å². The van der Waals surface area contributed by atoms with E-state index in [1.54, 1.807) is 0 Å². The summed E-state index contributed by atoms with van der Waals surface area (Å²) in [7, 11) is 0. The van der Waals surface area contributed by atoms with E-state index in [1.165, 1.54) is 23.5 Å². The molecule has 2 aliphatic carbocycles. The second kappa shape index (κ2) is 7.67. The van der Waals surface area contributed by atoms with Crippen LogP contribution in [0.4, 0.5) is 0 Å². The van der Waals surface area contributed by atoms with Gasteiger partial charge in [-0.3, -0.25) is 14.3 Å². The van der Waals surface area contributed by atoms with Crippen molar-refractivity contribution in [3.05, 3.63) is 18.0 Å². The van der Waals surface area contributed by atoms with Crippen LogP contribution in [0, 0.1) is 5.92 Å². The average molecular weight is 348 g/mol. The number of carboxylic acid groups (broad SMARTS) is 1. The maximum Gasteiger partial charge on any atom is 0.326 e. The van der Waals surface area contributed by atoms with Gasteiger partial charge in [0, 0.05) is 12.2 Å². The SMILES string of the molecule is O=C(Cn1cc(C(=O)NC(C(=O)O)C2CC2)cn1)NC1CCCCC1. The second-order valence-electron chi connectivity index (χ2n) is 6.96. The molecule has 0 bridgehead atoms. The lowest BCUT2D eigenvalue weighted by atomic mass is 9.95. The molecule has 2 saturated carbocycles. The molecule has 1 atom stereocenters. The quantitative estimate of drug-likeness (QED) is 0.678. The Hall–Kier alpha value is -2.38. The van der Waals surface area contributed by atoms with Crippen LogP contribution in [-0.2, 0) is 16.1 Å². The summed E-state index contributed by atoms with van der Waals surface area (Å²) in [5.74, 6) is -1.60. The molecular weight excluding hydrogens is 324 g/mol. The van der Waals surface area contributed by atoms with E-state index >= 15 is 0 Å². The Morgan fingerprint density at radius 2 is 1.92 bits per heavy atom. The zero-order valence-corrected chi connectivity index (χ0v) is 14.1. The predicted octanol–water partition coefficient (Wildman–Crippen LogP) is 0.925. The third kappa shape index (κ3) is 4.80. The number of hydrogen-bond acceptors (Lipinski definition) is 4. The highest BCUT2D eigenvalue weighted by Gasteiger charge is 2.37. The van der Waals surface area contributed by atoms with Crippen LogP contribution in [0.5, 0.6) is 0 Å². The van der Waals surface area contributed by atoms with E-state index in [0.717, 1.165) is 38.5 Å². The Labute approximate surface area is 146 Å². The Morgan fingerprint density at radius 3 is 2.56 bits per heavy atom. The summed E-state index contributed by atoms with van der Waals surface area (Å²) in [6.45, 7) is 0.0504. The van der Waals surface area contributed by atoms with E-state index < -0.39 is 17.9 Å². The van der Waals surface area contributed by atoms with Crippen molar-refractivity contribution in [3.63, 3.8) is 0 Å². The molecule has 25 heavy (non-hydrogen) atoms. The summed E-state index contributed by atoms with van der Waals surface area (Å²) in [4.78, 5) is 35.5. The molecule has 1 aromatic rings. The fourth-order valence-electron chi connectivity index (χ4n) is 3.27. The first-order chi connectivity index (χ1) is 12.0. The van der Waals surface area contributed by atoms with Crippen molar-refractivity contribution in [2.75, 3.05) is 0 Å². The second-order valence-corrected chi connectivity index (χ2v) is 6.96. The number of carbonyl (C=O) groups is 3. The molecule has 0 saturated heterocycles. The van der Waals surface area contributed by atoms with Crippen LogP contribution >= 0.6 is 0 Å². The fourth-order valence-corrected chi connectivity index (χ4v) is 3.27. The molecule has 3 N–H and O–H groups in total. The normalized spacial score (nSPS) is 19.2. The summed E-state index contributed by atoms with van der Waals surface area (Å²) in [6, 6.07) is -0.625. The average Bonchev–Trinajstić information content (AvgIpc) is 3.31. The van der Waals surface area contributed by atoms with Gasteiger partial charge in [-0.1, -0.05) is 19.3 Å². The van der Waals surface area contributed by atoms with E-state index in [-0.39, 0.29) is 30.0 Å². The highest BCUT2D eigenvalue weighted by Crippen LogP contribution is 2.32. The number of carboxylic acids is 1. The van der Waals surface area contributed by atoms with Crippen LogP contribution in [0.15, 0.2) is 12.4 Å². The number of hydrogen-bond donors (Lipinski definition) is 3. The molecule has 136 valence electrons. The molecule has 1 aromatic heterocycles. The number of aromatic nitrogens is 2. The molecule has 8 nitrogen and oxygen atoms in total. The molecule has 2 amide bonds. The molecule has 3 rings (SSSR count). The first kappa shape index (κ1) is 17.4. The third-order valence-electron chi connectivity index (χ3n) is 4.82. The van der Waals surface area contributed by atoms with Gasteiger partial charge in [0.05, 0.1) is 11.8 Å². The molecule has 0 spiro atoms. The Morgan fingerprint density at radius 1 is 1.20 bits per heavy atom. The van der Waals surface area contributed by atoms with Crippen LogP contribution in [0.1, 0.15) is 55.3 Å². The molecule has 0 aromatic carbocycles. The monoisotopic (exact) mass is 348 g/mol. The number of carbonyl (C=O) groups excluding carboxylic acids is 2. The highest BCUT2D eigenvalue weighted by atomic mass is 16.4. The van der Waals surface area contributed by atoms with E-state index in [2.05, 4.69) is 15.7 Å². The van der Waals surface area contributed by atoms with Gasteiger partial charge in [0.1, 0.15) is 12.6 Å². The largest absolute Gasteiger partial charge is 0.480 e. The summed E-state index contributed by atoms with van der Waals surface area (Å²) in [5, 5.41) is 18.7. The van der Waals surface area contributed by atoms with Crippen LogP contribution in [-0.4, -0.2) is 44.8 Å².